The molecule has 0 aromatic rings. The average molecular weight is 217 g/mol. The number of aliphatic hydroxyl groups is 1. The van der Waals surface area contributed by atoms with Gasteiger partial charge in [0.25, 0.3) is 0 Å². The smallest absolute Gasteiger partial charge is 0.0585 e. The molecule has 0 radical (unpaired) electrons. The van der Waals surface area contributed by atoms with Crippen LogP contribution in [0.2, 0.25) is 0 Å². The summed E-state index contributed by atoms with van der Waals surface area (Å²) in [6, 6.07) is 0.247. The van der Waals surface area contributed by atoms with Crippen molar-refractivity contribution in [2.45, 2.75) is 19.4 Å². The van der Waals surface area contributed by atoms with Crippen molar-refractivity contribution in [2.75, 3.05) is 53.9 Å². The minimum absolute atomic E-state index is 0.232. The molecule has 2 N–H and O–H groups in total. The molecule has 0 bridgehead atoms. The normalized spacial score (nSPS) is 13.8. The summed E-state index contributed by atoms with van der Waals surface area (Å²) in [7, 11) is 6.30. The maximum atomic E-state index is 9.10. The largest absolute Gasteiger partial charge is 0.395 e. The van der Waals surface area contributed by atoms with Gasteiger partial charge in [-0.3, -0.25) is 0 Å². The molecule has 0 rings (SSSR count). The van der Waals surface area contributed by atoms with E-state index in [1.54, 1.807) is 0 Å². The Hall–Kier alpha value is -0.160. The lowest BCUT2D eigenvalue weighted by molar-refractivity contribution is 0.213. The van der Waals surface area contributed by atoms with Gasteiger partial charge in [-0.25, -0.2) is 0 Å². The monoisotopic (exact) mass is 217 g/mol. The minimum Gasteiger partial charge on any atom is -0.395 e. The van der Waals surface area contributed by atoms with Crippen molar-refractivity contribution < 1.29 is 5.11 Å². The van der Waals surface area contributed by atoms with Gasteiger partial charge < -0.3 is 20.2 Å². The summed E-state index contributed by atoms with van der Waals surface area (Å²) >= 11 is 0. The zero-order chi connectivity index (χ0) is 11.7. The van der Waals surface area contributed by atoms with E-state index in [0.717, 1.165) is 32.6 Å². The lowest BCUT2D eigenvalue weighted by atomic mass is 10.2. The number of nitrogens with zero attached hydrogens (tertiary/aromatic N) is 2. The molecule has 1 atom stereocenters. The Bertz CT molecular complexity index is 142. The summed E-state index contributed by atoms with van der Waals surface area (Å²) in [5.41, 5.74) is 0. The van der Waals surface area contributed by atoms with E-state index in [1.807, 2.05) is 0 Å². The van der Waals surface area contributed by atoms with E-state index >= 15 is 0 Å². The molecule has 0 saturated heterocycles. The topological polar surface area (TPSA) is 38.7 Å². The van der Waals surface area contributed by atoms with E-state index in [4.69, 9.17) is 5.11 Å². The molecule has 0 heterocycles. The highest BCUT2D eigenvalue weighted by molar-refractivity contribution is 4.66. The maximum absolute atomic E-state index is 9.10. The Morgan fingerprint density at radius 1 is 1.13 bits per heavy atom. The highest BCUT2D eigenvalue weighted by Crippen LogP contribution is 1.94. The second-order valence-corrected chi connectivity index (χ2v) is 4.33. The van der Waals surface area contributed by atoms with Crippen molar-refractivity contribution in [1.29, 1.82) is 0 Å². The number of nitrogens with one attached hydrogen (secondary N) is 1. The maximum Gasteiger partial charge on any atom is 0.0585 e. The van der Waals surface area contributed by atoms with Gasteiger partial charge in [0, 0.05) is 19.1 Å². The van der Waals surface area contributed by atoms with Gasteiger partial charge in [-0.1, -0.05) is 6.92 Å². The summed E-state index contributed by atoms with van der Waals surface area (Å²) < 4.78 is 0. The third-order valence-corrected chi connectivity index (χ3v) is 2.50. The molecule has 0 aromatic carbocycles. The number of rotatable bonds is 9. The predicted octanol–water partition coefficient (Wildman–Crippen LogP) is -0.160. The molecule has 0 fully saturated rings. The van der Waals surface area contributed by atoms with Gasteiger partial charge in [0.15, 0.2) is 0 Å². The molecular formula is C11H27N3O. The van der Waals surface area contributed by atoms with Gasteiger partial charge in [0.1, 0.15) is 0 Å². The highest BCUT2D eigenvalue weighted by atomic mass is 16.3. The number of hydrogen-bond acceptors (Lipinski definition) is 4. The summed E-state index contributed by atoms with van der Waals surface area (Å²) in [6.07, 6.45) is 1.01. The minimum atomic E-state index is 0.232. The first kappa shape index (κ1) is 14.8. The van der Waals surface area contributed by atoms with Crippen molar-refractivity contribution in [3.05, 3.63) is 0 Å². The van der Waals surface area contributed by atoms with Crippen LogP contribution in [0.1, 0.15) is 13.3 Å². The molecule has 15 heavy (non-hydrogen) atoms. The van der Waals surface area contributed by atoms with E-state index in [9.17, 15) is 0 Å². The van der Waals surface area contributed by atoms with Crippen molar-refractivity contribution in [3.63, 3.8) is 0 Å². The number of likely N-dealkylation sites (N-methyl/N-ethyl adjacent to an activating group) is 3. The molecule has 0 aromatic heterocycles. The van der Waals surface area contributed by atoms with E-state index < -0.39 is 0 Å². The van der Waals surface area contributed by atoms with Crippen LogP contribution in [0.5, 0.6) is 0 Å². The van der Waals surface area contributed by atoms with Crippen LogP contribution in [0.25, 0.3) is 0 Å². The van der Waals surface area contributed by atoms with Crippen LogP contribution in [0.15, 0.2) is 0 Å². The first-order valence-electron chi connectivity index (χ1n) is 5.77. The van der Waals surface area contributed by atoms with Gasteiger partial charge in [0.2, 0.25) is 0 Å². The van der Waals surface area contributed by atoms with E-state index in [1.165, 1.54) is 0 Å². The fraction of sp³-hybridized carbons (Fsp3) is 1.00. The highest BCUT2D eigenvalue weighted by Gasteiger charge is 2.07. The third kappa shape index (κ3) is 8.81. The van der Waals surface area contributed by atoms with Crippen LogP contribution in [0.3, 0.4) is 0 Å². The third-order valence-electron chi connectivity index (χ3n) is 2.50. The Morgan fingerprint density at radius 3 is 2.27 bits per heavy atom. The van der Waals surface area contributed by atoms with E-state index in [-0.39, 0.29) is 12.6 Å². The van der Waals surface area contributed by atoms with E-state index in [2.05, 4.69) is 43.2 Å². The van der Waals surface area contributed by atoms with Crippen LogP contribution in [0.4, 0.5) is 0 Å². The van der Waals surface area contributed by atoms with Gasteiger partial charge in [0.05, 0.1) is 6.61 Å². The zero-order valence-corrected chi connectivity index (χ0v) is 10.7. The Labute approximate surface area is 94.3 Å². The summed E-state index contributed by atoms with van der Waals surface area (Å²) in [5.74, 6) is 0. The van der Waals surface area contributed by atoms with Crippen LogP contribution < -0.4 is 5.32 Å². The Balaban J connectivity index is 3.54. The quantitative estimate of drug-likeness (QED) is 0.563. The number of aliphatic hydroxyl groups excluding tert-OH is 1. The molecular weight excluding hydrogens is 190 g/mol. The molecule has 0 aliphatic rings. The lowest BCUT2D eigenvalue weighted by Gasteiger charge is -2.22. The molecule has 0 amide bonds. The van der Waals surface area contributed by atoms with Gasteiger partial charge in [-0.05, 0) is 40.7 Å². The van der Waals surface area contributed by atoms with Crippen molar-refractivity contribution in [2.24, 2.45) is 0 Å². The van der Waals surface area contributed by atoms with Crippen LogP contribution in [-0.2, 0) is 0 Å². The fourth-order valence-corrected chi connectivity index (χ4v) is 1.41. The average Bonchev–Trinajstić information content (AvgIpc) is 2.21. The van der Waals surface area contributed by atoms with Gasteiger partial charge in [-0.15, -0.1) is 0 Å². The second-order valence-electron chi connectivity index (χ2n) is 4.33. The molecule has 92 valence electrons. The molecule has 0 saturated carbocycles. The number of hydrogen-bond donors (Lipinski definition) is 2. The molecule has 0 spiro atoms. The Kier molecular flexibility index (Phi) is 9.00. The molecule has 4 nitrogen and oxygen atoms in total. The van der Waals surface area contributed by atoms with E-state index in [0.29, 0.717) is 0 Å². The summed E-state index contributed by atoms with van der Waals surface area (Å²) in [5, 5.41) is 12.4. The fourth-order valence-electron chi connectivity index (χ4n) is 1.41. The first-order valence-corrected chi connectivity index (χ1v) is 5.77. The molecule has 4 heteroatoms. The first-order chi connectivity index (χ1) is 7.10. The summed E-state index contributed by atoms with van der Waals surface area (Å²) in [6.45, 7) is 6.42. The lowest BCUT2D eigenvalue weighted by Crippen LogP contribution is -2.37. The van der Waals surface area contributed by atoms with Crippen molar-refractivity contribution in [1.82, 2.24) is 15.1 Å². The Morgan fingerprint density at radius 2 is 1.80 bits per heavy atom. The second kappa shape index (κ2) is 9.09. The zero-order valence-electron chi connectivity index (χ0n) is 10.7. The molecule has 1 unspecified atom stereocenters. The van der Waals surface area contributed by atoms with Gasteiger partial charge in [-0.2, -0.15) is 0 Å². The standard InChI is InChI=1S/C11H27N3O/c1-5-12-11(10-15)6-7-14(4)9-8-13(2)3/h11-12,15H,5-10H2,1-4H3. The van der Waals surface area contributed by atoms with Crippen molar-refractivity contribution in [3.8, 4) is 0 Å². The van der Waals surface area contributed by atoms with Crippen LogP contribution in [0, 0.1) is 0 Å². The van der Waals surface area contributed by atoms with Crippen LogP contribution in [-0.4, -0.2) is 74.9 Å². The molecule has 0 aliphatic heterocycles. The molecule has 0 aliphatic carbocycles. The SMILES string of the molecule is CCNC(CO)CCN(C)CCN(C)C. The van der Waals surface area contributed by atoms with Crippen molar-refractivity contribution >= 4 is 0 Å². The summed E-state index contributed by atoms with van der Waals surface area (Å²) in [4.78, 5) is 4.49. The predicted molar refractivity (Wildman–Crippen MR) is 65.2 cm³/mol. The van der Waals surface area contributed by atoms with Crippen LogP contribution >= 0.6 is 0 Å². The van der Waals surface area contributed by atoms with Gasteiger partial charge >= 0.3 is 0 Å².